The van der Waals surface area contributed by atoms with E-state index >= 15 is 0 Å². The smallest absolute Gasteiger partial charge is 0.410 e. The Hall–Kier alpha value is -2.22. The summed E-state index contributed by atoms with van der Waals surface area (Å²) in [6.07, 6.45) is 4.47. The molecular formula is C15H21N3O5. The largest absolute Gasteiger partial charge is 0.444 e. The predicted molar refractivity (Wildman–Crippen MR) is 84.1 cm³/mol. The molecule has 0 aromatic carbocycles. The van der Waals surface area contributed by atoms with Crippen molar-refractivity contribution in [1.82, 2.24) is 4.90 Å². The van der Waals surface area contributed by atoms with Crippen LogP contribution in [0, 0.1) is 10.1 Å². The lowest BCUT2D eigenvalue weighted by molar-refractivity contribution is -0.462. The van der Waals surface area contributed by atoms with E-state index in [-0.39, 0.29) is 6.54 Å². The second-order valence-corrected chi connectivity index (χ2v) is 6.43. The Kier molecular flexibility index (Phi) is 4.56. The first-order valence-corrected chi connectivity index (χ1v) is 7.28. The third-order valence-corrected chi connectivity index (χ3v) is 3.52. The highest BCUT2D eigenvalue weighted by molar-refractivity contribution is 5.71. The van der Waals surface area contributed by atoms with Crippen molar-refractivity contribution in [3.63, 3.8) is 0 Å². The molecule has 0 saturated heterocycles. The van der Waals surface area contributed by atoms with Gasteiger partial charge in [0, 0.05) is 24.2 Å². The summed E-state index contributed by atoms with van der Waals surface area (Å²) >= 11 is 0. The number of methoxy groups -OCH3 is 1. The maximum absolute atomic E-state index is 12.2. The molecule has 1 aliphatic carbocycles. The zero-order valence-corrected chi connectivity index (χ0v) is 13.7. The number of aliphatic imine (C=N–C) groups is 1. The fourth-order valence-electron chi connectivity index (χ4n) is 2.48. The van der Waals surface area contributed by atoms with Crippen LogP contribution in [0.2, 0.25) is 0 Å². The first kappa shape index (κ1) is 17.1. The van der Waals surface area contributed by atoms with Crippen molar-refractivity contribution in [3.8, 4) is 0 Å². The van der Waals surface area contributed by atoms with E-state index in [0.717, 1.165) is 5.57 Å². The number of carbonyl (C=O) groups excluding carboxylic acids is 1. The summed E-state index contributed by atoms with van der Waals surface area (Å²) in [5, 5.41) is 10.3. The van der Waals surface area contributed by atoms with Crippen LogP contribution in [-0.2, 0) is 9.47 Å². The van der Waals surface area contributed by atoms with Crippen LogP contribution in [0.5, 0.6) is 0 Å². The summed E-state index contributed by atoms with van der Waals surface area (Å²) in [6, 6.07) is 0. The molecule has 1 aliphatic heterocycles. The zero-order chi connectivity index (χ0) is 17.3. The molecule has 0 N–H and O–H groups in total. The van der Waals surface area contributed by atoms with E-state index < -0.39 is 22.2 Å². The minimum atomic E-state index is -0.712. The van der Waals surface area contributed by atoms with Gasteiger partial charge in [-0.25, -0.2) is 4.79 Å². The summed E-state index contributed by atoms with van der Waals surface area (Å²) < 4.78 is 10.9. The summed E-state index contributed by atoms with van der Waals surface area (Å²) in [5.74, 6) is 0. The maximum Gasteiger partial charge on any atom is 0.410 e. The SMILES string of the molecule is COC12C=C(N=CC[N+](=O)[O-])C1=CCN(C(=O)OC(C)(C)C)C2. The highest BCUT2D eigenvalue weighted by Gasteiger charge is 2.47. The number of carbonyl (C=O) groups is 1. The highest BCUT2D eigenvalue weighted by atomic mass is 16.6. The van der Waals surface area contributed by atoms with Gasteiger partial charge < -0.3 is 14.4 Å². The topological polar surface area (TPSA) is 94.3 Å². The van der Waals surface area contributed by atoms with Gasteiger partial charge in [-0.3, -0.25) is 15.1 Å². The van der Waals surface area contributed by atoms with Gasteiger partial charge in [-0.1, -0.05) is 6.08 Å². The fourth-order valence-corrected chi connectivity index (χ4v) is 2.48. The van der Waals surface area contributed by atoms with Crippen LogP contribution in [0.3, 0.4) is 0 Å². The molecule has 0 fully saturated rings. The Morgan fingerprint density at radius 3 is 2.83 bits per heavy atom. The Bertz CT molecular complexity index is 603. The normalized spacial score (nSPS) is 23.7. The second kappa shape index (κ2) is 6.11. The van der Waals surface area contributed by atoms with Crippen molar-refractivity contribution < 1.29 is 19.2 Å². The number of nitrogens with zero attached hydrogens (tertiary/aromatic N) is 3. The van der Waals surface area contributed by atoms with Gasteiger partial charge in [0.2, 0.25) is 6.54 Å². The molecule has 0 aromatic rings. The second-order valence-electron chi connectivity index (χ2n) is 6.43. The van der Waals surface area contributed by atoms with E-state index in [2.05, 4.69) is 4.99 Å². The minimum Gasteiger partial charge on any atom is -0.444 e. The average molecular weight is 323 g/mol. The van der Waals surface area contributed by atoms with Gasteiger partial charge in [0.1, 0.15) is 11.2 Å². The molecule has 126 valence electrons. The van der Waals surface area contributed by atoms with Gasteiger partial charge in [0.05, 0.1) is 18.5 Å². The Morgan fingerprint density at radius 2 is 2.26 bits per heavy atom. The van der Waals surface area contributed by atoms with Crippen molar-refractivity contribution >= 4 is 12.3 Å². The van der Waals surface area contributed by atoms with E-state index in [1.807, 2.05) is 26.8 Å². The molecule has 2 aliphatic rings. The molecule has 1 amide bonds. The number of hydrogen-bond donors (Lipinski definition) is 0. The van der Waals surface area contributed by atoms with Gasteiger partial charge in [-0.2, -0.15) is 0 Å². The molecule has 0 saturated carbocycles. The molecule has 0 bridgehead atoms. The molecule has 0 aromatic heterocycles. The van der Waals surface area contributed by atoms with E-state index in [9.17, 15) is 14.9 Å². The van der Waals surface area contributed by atoms with Crippen LogP contribution < -0.4 is 0 Å². The quantitative estimate of drug-likeness (QED) is 0.446. The number of ether oxygens (including phenoxy) is 2. The Labute approximate surface area is 134 Å². The van der Waals surface area contributed by atoms with Gasteiger partial charge in [-0.15, -0.1) is 0 Å². The lowest BCUT2D eigenvalue weighted by Gasteiger charge is -2.46. The van der Waals surface area contributed by atoms with Gasteiger partial charge in [-0.05, 0) is 26.8 Å². The molecule has 1 heterocycles. The molecule has 0 radical (unpaired) electrons. The van der Waals surface area contributed by atoms with E-state index in [1.165, 1.54) is 6.21 Å². The molecule has 2 rings (SSSR count). The predicted octanol–water partition coefficient (Wildman–Crippen LogP) is 1.79. The van der Waals surface area contributed by atoms with Gasteiger partial charge in [0.25, 0.3) is 0 Å². The number of hydrogen-bond acceptors (Lipinski definition) is 6. The van der Waals surface area contributed by atoms with Crippen molar-refractivity contribution in [1.29, 1.82) is 0 Å². The number of fused-ring (bicyclic) bond motifs is 1. The maximum atomic E-state index is 12.2. The van der Waals surface area contributed by atoms with Crippen molar-refractivity contribution in [3.05, 3.63) is 33.5 Å². The molecule has 1 unspecified atom stereocenters. The van der Waals surface area contributed by atoms with E-state index in [0.29, 0.717) is 18.8 Å². The van der Waals surface area contributed by atoms with E-state index in [1.54, 1.807) is 18.1 Å². The minimum absolute atomic E-state index is 0.325. The van der Waals surface area contributed by atoms with Crippen LogP contribution in [0.25, 0.3) is 0 Å². The van der Waals surface area contributed by atoms with Crippen LogP contribution >= 0.6 is 0 Å². The third kappa shape index (κ3) is 3.76. The summed E-state index contributed by atoms with van der Waals surface area (Å²) in [6.45, 7) is 5.83. The highest BCUT2D eigenvalue weighted by Crippen LogP contribution is 2.43. The molecule has 8 nitrogen and oxygen atoms in total. The van der Waals surface area contributed by atoms with Crippen LogP contribution in [-0.4, -0.2) is 60.1 Å². The standard InChI is InChI=1S/C15H21N3O5/c1-14(2,3)23-13(19)17-7-5-11-12(16-6-8-18(20)21)9-15(11,10-17)22-4/h5-6,9H,7-8,10H2,1-4H3. The van der Waals surface area contributed by atoms with Crippen molar-refractivity contribution in [2.45, 2.75) is 32.0 Å². The third-order valence-electron chi connectivity index (χ3n) is 3.52. The molecular weight excluding hydrogens is 302 g/mol. The lowest BCUT2D eigenvalue weighted by atomic mass is 9.77. The molecule has 0 spiro atoms. The van der Waals surface area contributed by atoms with Crippen molar-refractivity contribution in [2.75, 3.05) is 26.7 Å². The monoisotopic (exact) mass is 323 g/mol. The van der Waals surface area contributed by atoms with E-state index in [4.69, 9.17) is 9.47 Å². The number of amides is 1. The van der Waals surface area contributed by atoms with Crippen LogP contribution in [0.15, 0.2) is 28.4 Å². The van der Waals surface area contributed by atoms with Crippen molar-refractivity contribution in [2.24, 2.45) is 4.99 Å². The lowest BCUT2D eigenvalue weighted by Crippen LogP contribution is -2.55. The fraction of sp³-hybridized carbons (Fsp3) is 0.600. The van der Waals surface area contributed by atoms with Gasteiger partial charge in [0.15, 0.2) is 0 Å². The first-order chi connectivity index (χ1) is 10.7. The molecule has 1 atom stereocenters. The average Bonchev–Trinajstić information content (AvgIpc) is 2.41. The van der Waals surface area contributed by atoms with Gasteiger partial charge >= 0.3 is 6.09 Å². The zero-order valence-electron chi connectivity index (χ0n) is 13.7. The van der Waals surface area contributed by atoms with Crippen LogP contribution in [0.4, 0.5) is 4.79 Å². The Morgan fingerprint density at radius 1 is 1.57 bits per heavy atom. The molecule has 23 heavy (non-hydrogen) atoms. The number of nitro groups is 1. The number of rotatable bonds is 4. The van der Waals surface area contributed by atoms with Crippen LogP contribution in [0.1, 0.15) is 20.8 Å². The first-order valence-electron chi connectivity index (χ1n) is 7.28. The summed E-state index contributed by atoms with van der Waals surface area (Å²) in [4.78, 5) is 27.7. The summed E-state index contributed by atoms with van der Waals surface area (Å²) in [7, 11) is 1.56. The molecule has 8 heteroatoms. The Balaban J connectivity index is 2.08. The summed E-state index contributed by atoms with van der Waals surface area (Å²) in [5.41, 5.74) is 0.225.